The average molecular weight is 1590 g/mol. The van der Waals surface area contributed by atoms with E-state index in [9.17, 15) is 56.4 Å². The van der Waals surface area contributed by atoms with Gasteiger partial charge in [0.1, 0.15) is 57.8 Å². The van der Waals surface area contributed by atoms with Crippen molar-refractivity contribution in [3.05, 3.63) is 147 Å². The number of halogens is 9. The summed E-state index contributed by atoms with van der Waals surface area (Å²) in [5.41, 5.74) is 12.0. The van der Waals surface area contributed by atoms with E-state index < -0.39 is 29.4 Å². The van der Waals surface area contributed by atoms with Gasteiger partial charge in [-0.15, -0.1) is 37.2 Å². The van der Waals surface area contributed by atoms with E-state index in [-0.39, 0.29) is 139 Å². The number of Topliss-reactive ketones (excluding diaryl/α,β-unsaturated/α-hetero) is 2. The van der Waals surface area contributed by atoms with Crippen LogP contribution in [0.5, 0.6) is 28.7 Å². The van der Waals surface area contributed by atoms with Crippen LogP contribution in [-0.2, 0) is 19.2 Å². The van der Waals surface area contributed by atoms with E-state index in [2.05, 4.69) is 32.7 Å². The second-order valence-electron chi connectivity index (χ2n) is 22.5. The number of aliphatic hydroxyl groups is 2. The van der Waals surface area contributed by atoms with Gasteiger partial charge in [0.2, 0.25) is 5.91 Å². The summed E-state index contributed by atoms with van der Waals surface area (Å²) < 4.78 is 74.6. The second kappa shape index (κ2) is 60.3. The average Bonchev–Trinajstić information content (AvgIpc) is 1.84. The molecule has 102 heavy (non-hydrogen) atoms. The molecule has 6 aliphatic carbocycles. The number of carboxylic acids is 2. The molecule has 32 heteroatoms. The number of carbonyl (C=O) groups is 5. The minimum atomic E-state index is -1.08. The van der Waals surface area contributed by atoms with Gasteiger partial charge in [-0.05, 0) is 233 Å². The van der Waals surface area contributed by atoms with Crippen molar-refractivity contribution in [2.45, 2.75) is 136 Å². The third kappa shape index (κ3) is 48.9. The largest absolute Gasteiger partial charge is 1.00 e. The fourth-order valence-corrected chi connectivity index (χ4v) is 8.74. The van der Waals surface area contributed by atoms with E-state index in [4.69, 9.17) is 55.7 Å². The fraction of sp³-hybridized carbons (Fsp3) is 0.486. The Morgan fingerprint density at radius 2 is 0.882 bits per heavy atom. The maximum absolute atomic E-state index is 13.0. The van der Waals surface area contributed by atoms with Gasteiger partial charge in [0.15, 0.2) is 11.6 Å². The molecule has 6 saturated carbocycles. The van der Waals surface area contributed by atoms with Crippen LogP contribution in [0.25, 0.3) is 0 Å². The van der Waals surface area contributed by atoms with Crippen LogP contribution in [0.15, 0.2) is 101 Å². The predicted molar refractivity (Wildman–Crippen MR) is 387 cm³/mol. The van der Waals surface area contributed by atoms with E-state index in [1.807, 2.05) is 0 Å². The number of nitrogens with zero attached hydrogens (tertiary/aromatic N) is 2. The molecular weight excluding hydrogens is 1490 g/mol. The number of rotatable bonds is 19. The van der Waals surface area contributed by atoms with Crippen LogP contribution in [0, 0.1) is 64.6 Å². The molecule has 1 atom stereocenters. The Balaban J connectivity index is -0.000000203. The van der Waals surface area contributed by atoms with Crippen molar-refractivity contribution in [3.63, 3.8) is 0 Å². The number of phenols is 3. The summed E-state index contributed by atoms with van der Waals surface area (Å²) in [6.07, 6.45) is 17.1. The Morgan fingerprint density at radius 1 is 0.559 bits per heavy atom. The number of oxime groups is 1. The Bertz CT molecular complexity index is 3200. The molecule has 5 aromatic carbocycles. The first-order chi connectivity index (χ1) is 46.2. The van der Waals surface area contributed by atoms with Gasteiger partial charge >= 0.3 is 35.5 Å². The minimum absolute atomic E-state index is 0. The number of hydroxylamine groups is 2. The van der Waals surface area contributed by atoms with Gasteiger partial charge in [0, 0.05) is 71.5 Å². The first kappa shape index (κ1) is 107. The zero-order valence-corrected chi connectivity index (χ0v) is 64.3. The van der Waals surface area contributed by atoms with Crippen molar-refractivity contribution in [3.8, 4) is 28.7 Å². The Morgan fingerprint density at radius 3 is 1.25 bits per heavy atom. The van der Waals surface area contributed by atoms with Gasteiger partial charge < -0.3 is 71.9 Å². The number of methoxy groups -OCH3 is 2. The summed E-state index contributed by atoms with van der Waals surface area (Å²) >= 11 is 3.14. The van der Waals surface area contributed by atoms with Gasteiger partial charge in [-0.2, -0.15) is 0 Å². The molecule has 5 aromatic rings. The molecule has 22 nitrogen and oxygen atoms in total. The quantitative estimate of drug-likeness (QED) is 0.00913. The molecule has 11 rings (SSSR count). The number of ether oxygens (including phenoxy) is 2. The van der Waals surface area contributed by atoms with Crippen LogP contribution in [0.4, 0.5) is 22.0 Å². The monoisotopic (exact) mass is 1590 g/mol. The third-order valence-electron chi connectivity index (χ3n) is 14.4. The number of hydrogen-bond acceptors (Lipinski definition) is 20. The van der Waals surface area contributed by atoms with Crippen molar-refractivity contribution in [2.24, 2.45) is 58.0 Å². The van der Waals surface area contributed by atoms with E-state index >= 15 is 0 Å². The topological polar surface area (TPSA) is 392 Å². The van der Waals surface area contributed by atoms with E-state index in [1.165, 1.54) is 132 Å². The molecule has 1 unspecified atom stereocenters. The summed E-state index contributed by atoms with van der Waals surface area (Å²) in [4.78, 5) is 57.8. The number of hydrogen-bond donors (Lipinski definition) is 11. The molecule has 0 saturated heterocycles. The standard InChI is InChI=1S/C12H13FO2.C11H12FNO2.C11H14FNO.C11H11FO2.C7H6BrFO.C7H13NO2.C5H8O2.C2H4O2.CH5N.2CH4O.CH4.3ClH.H3NO.Na.H2/c1-15-12-5-4-9(13)7-10(12)11(14)6-8-2-3-8;12-8-3-4-11(14)9(6-8)10(13-15)5-7-1-2-7;12-8-3-4-11(14)9(6-8)10(13)5-7-1-2-7;12-8-3-4-10(13)9(6-8)11(14)5-7-1-2-7;1-10-7-3-2-5(9)4-6(7)8;1-8(10-2)7(9)5-6-3-4-6;6-5(7)3-4-1-2-4;1-2(3)4;3*1-2;;;;;1-2;;/h4-5,7-8H,2-3,6H2,1H3;3-4,6-7,14-15H,1-2,5H2;3-4,6-7,10,14H,1-2,5,13H2;3-4,6-7,13H,1-2,5H2;2-4H,1H3;6H,3-5H2,1-2H3;4H,1-3H2,(H,6,7);1H3,(H,3,4);2H2,1H3;2*2H,1H3;1H4;3*1H;2H,1H2;;1H/q;;;;;;;;;;;;;;;;+1;/p-1. The summed E-state index contributed by atoms with van der Waals surface area (Å²) in [6.45, 7) is 0.972. The van der Waals surface area contributed by atoms with Gasteiger partial charge in [-0.1, -0.05) is 25.4 Å². The van der Waals surface area contributed by atoms with Crippen LogP contribution in [0.3, 0.4) is 0 Å². The zero-order valence-electron chi connectivity index (χ0n) is 58.3. The van der Waals surface area contributed by atoms with E-state index in [1.54, 1.807) is 13.1 Å². The van der Waals surface area contributed by atoms with Crippen molar-refractivity contribution < 1.29 is 137 Å². The molecular formula is C70H105BrCl3F5N5NaO17. The number of aromatic hydroxyl groups is 3. The van der Waals surface area contributed by atoms with Crippen molar-refractivity contribution in [1.82, 2.24) is 5.06 Å². The normalized spacial score (nSPS) is 13.7. The minimum Gasteiger partial charge on any atom is -0.550 e. The molecule has 0 aliphatic heterocycles. The van der Waals surface area contributed by atoms with Gasteiger partial charge in [0.25, 0.3) is 0 Å². The number of nitrogens with two attached hydrogens (primary N) is 3. The number of aliphatic hydroxyl groups excluding tert-OH is 2. The van der Waals surface area contributed by atoms with Gasteiger partial charge in [0.05, 0.1) is 42.6 Å². The number of benzene rings is 5. The Hall–Kier alpha value is -5.96. The smallest absolute Gasteiger partial charge is 0.550 e. The maximum Gasteiger partial charge on any atom is 1.00 e. The van der Waals surface area contributed by atoms with Crippen LogP contribution in [-0.4, -0.2) is 131 Å². The fourth-order valence-electron chi connectivity index (χ4n) is 8.23. The van der Waals surface area contributed by atoms with E-state index in [0.717, 1.165) is 91.1 Å². The van der Waals surface area contributed by atoms with Gasteiger partial charge in [-0.25, -0.2) is 32.9 Å². The first-order valence-electron chi connectivity index (χ1n) is 31.0. The number of phenolic OH excluding ortho intramolecular Hbond substituents is 3. The zero-order chi connectivity index (χ0) is 73.9. The van der Waals surface area contributed by atoms with Gasteiger partial charge in [-0.3, -0.25) is 24.0 Å². The molecule has 576 valence electrons. The molecule has 6 aliphatic rings. The molecule has 6 fully saturated rings. The summed E-state index contributed by atoms with van der Waals surface area (Å²) in [5, 5.41) is 79.1. The summed E-state index contributed by atoms with van der Waals surface area (Å²) in [6, 6.07) is 19.1. The van der Waals surface area contributed by atoms with Crippen LogP contribution < -0.4 is 61.5 Å². The summed E-state index contributed by atoms with van der Waals surface area (Å²) in [5.74, 6) is 4.06. The maximum atomic E-state index is 13.0. The Kier molecular flexibility index (Phi) is 63.3. The Labute approximate surface area is 645 Å². The molecule has 0 bridgehead atoms. The molecule has 14 N–H and O–H groups in total. The van der Waals surface area contributed by atoms with Crippen molar-refractivity contribution in [1.29, 1.82) is 0 Å². The summed E-state index contributed by atoms with van der Waals surface area (Å²) in [7, 11) is 9.68. The second-order valence-corrected chi connectivity index (χ2v) is 23.4. The third-order valence-corrected chi connectivity index (χ3v) is 15.0. The number of amides is 1. The van der Waals surface area contributed by atoms with Crippen LogP contribution in [0.1, 0.15) is 169 Å². The number of aliphatic carboxylic acids is 2. The van der Waals surface area contributed by atoms with Crippen molar-refractivity contribution >= 4 is 88.3 Å². The van der Waals surface area contributed by atoms with Crippen molar-refractivity contribution in [2.75, 3.05) is 49.6 Å². The number of ketones is 2. The molecule has 0 aromatic heterocycles. The molecule has 0 heterocycles. The number of carbonyl (C=O) groups excluding carboxylic acids is 4. The molecule has 1 amide bonds. The predicted octanol–water partition coefficient (Wildman–Crippen LogP) is 10.5. The molecule has 0 radical (unpaired) electrons. The van der Waals surface area contributed by atoms with Crippen LogP contribution in [0.2, 0.25) is 0 Å². The number of carboxylic acid groups (broad SMARTS) is 2. The SMILES string of the molecule is C.CC(=O)[O-].CN.CO.CO.CON(C)C(=O)CC1CC1.COc1ccc(F)cc1Br.COc1ccc(F)cc1C(=O)CC1CC1.Cl.Cl.Cl.NC(CC1CC1)c1cc(F)ccc1O.NO.O=C(CC1CC1)c1cc(F)ccc1O.O=C(O)CC1CC1.ON=C(CC1CC1)c1cc(F)ccc1O.[HH].[Na+]. The first-order valence-corrected chi connectivity index (χ1v) is 31.8. The van der Waals surface area contributed by atoms with Crippen LogP contribution >= 0.6 is 53.2 Å². The molecule has 0 spiro atoms. The van der Waals surface area contributed by atoms with E-state index in [0.29, 0.717) is 100 Å².